The second kappa shape index (κ2) is 9.56. The van der Waals surface area contributed by atoms with Gasteiger partial charge in [-0.25, -0.2) is 13.8 Å². The first kappa shape index (κ1) is 27.9. The van der Waals surface area contributed by atoms with E-state index in [0.717, 1.165) is 18.3 Å². The molecule has 0 radical (unpaired) electrons. The molecule has 2 aromatic rings. The van der Waals surface area contributed by atoms with Gasteiger partial charge in [-0.3, -0.25) is 23.7 Å². The zero-order valence-corrected chi connectivity index (χ0v) is 21.5. The van der Waals surface area contributed by atoms with Crippen LogP contribution in [0.25, 0.3) is 0 Å². The number of hydrogen-bond donors (Lipinski definition) is 4. The van der Waals surface area contributed by atoms with Crippen LogP contribution in [0.5, 0.6) is 5.75 Å². The lowest BCUT2D eigenvalue weighted by Crippen LogP contribution is -2.52. The van der Waals surface area contributed by atoms with Crippen molar-refractivity contribution in [2.75, 3.05) is 0 Å². The molecule has 0 spiro atoms. The van der Waals surface area contributed by atoms with Crippen LogP contribution in [0.2, 0.25) is 0 Å². The summed E-state index contributed by atoms with van der Waals surface area (Å²) in [5, 5.41) is 24.9. The third kappa shape index (κ3) is 4.42. The number of aliphatic hydroxyl groups is 2. The number of nitrogens with zero attached hydrogens (tertiary/aromatic N) is 1. The number of rotatable bonds is 10. The average molecular weight is 555 g/mol. The van der Waals surface area contributed by atoms with E-state index in [-0.39, 0.29) is 5.75 Å². The molecule has 2 heterocycles. The van der Waals surface area contributed by atoms with Crippen LogP contribution in [0.1, 0.15) is 27.0 Å². The Hall–Kier alpha value is -3.13. The molecule has 15 heteroatoms. The molecule has 4 N–H and O–H groups in total. The molecule has 0 amide bonds. The number of alkyl halides is 1. The Labute approximate surface area is 215 Å². The van der Waals surface area contributed by atoms with Gasteiger partial charge in [-0.05, 0) is 32.9 Å². The number of hydrogen-bond acceptors (Lipinski definition) is 10. The largest absolute Gasteiger partial charge is 0.462 e. The van der Waals surface area contributed by atoms with Crippen molar-refractivity contribution in [3.8, 4) is 5.75 Å². The topological polar surface area (TPSA) is 178 Å². The summed E-state index contributed by atoms with van der Waals surface area (Å²) in [5.41, 5.74) is -7.47. The number of para-hydroxylation sites is 1. The first-order valence-electron chi connectivity index (χ1n) is 11.5. The highest BCUT2D eigenvalue weighted by atomic mass is 31.2. The normalized spacial score (nSPS) is 32.2. The Morgan fingerprint density at radius 3 is 2.50 bits per heavy atom. The van der Waals surface area contributed by atoms with E-state index in [1.54, 1.807) is 32.0 Å². The van der Waals surface area contributed by atoms with E-state index in [1.807, 2.05) is 4.98 Å². The smallest absolute Gasteiger partial charge is 0.460 e. The van der Waals surface area contributed by atoms with Crippen LogP contribution in [-0.2, 0) is 23.4 Å². The van der Waals surface area contributed by atoms with Crippen LogP contribution >= 0.6 is 7.75 Å². The molecular formula is C23H27FN3O10P. The fraction of sp³-hybridized carbons (Fsp3) is 0.435. The maximum absolute atomic E-state index is 16.0. The highest BCUT2D eigenvalue weighted by Crippen LogP contribution is 2.72. The summed E-state index contributed by atoms with van der Waals surface area (Å²) in [6, 6.07) is 7.23. The lowest BCUT2D eigenvalue weighted by Gasteiger charge is -2.33. The van der Waals surface area contributed by atoms with Gasteiger partial charge in [0.1, 0.15) is 11.8 Å². The van der Waals surface area contributed by atoms with Gasteiger partial charge in [0.2, 0.25) is 0 Å². The summed E-state index contributed by atoms with van der Waals surface area (Å²) in [7, 11) is -4.69. The molecular weight excluding hydrogens is 528 g/mol. The number of benzene rings is 1. The van der Waals surface area contributed by atoms with Crippen molar-refractivity contribution in [3.05, 3.63) is 76.1 Å². The van der Waals surface area contributed by atoms with Gasteiger partial charge in [0, 0.05) is 12.3 Å². The van der Waals surface area contributed by atoms with Crippen molar-refractivity contribution in [2.45, 2.75) is 62.3 Å². The molecule has 1 aromatic heterocycles. The highest BCUT2D eigenvalue weighted by Gasteiger charge is 2.96. The van der Waals surface area contributed by atoms with Crippen molar-refractivity contribution in [3.63, 3.8) is 0 Å². The zero-order chi connectivity index (χ0) is 28.1. The Bertz CT molecular complexity index is 1400. The fourth-order valence-corrected chi connectivity index (χ4v) is 5.89. The van der Waals surface area contributed by atoms with Gasteiger partial charge in [-0.15, -0.1) is 0 Å². The van der Waals surface area contributed by atoms with E-state index in [1.165, 1.54) is 19.1 Å². The standard InChI is InChI=1S/C23H27FN3O10P/c1-5-21(31)19(27-12-11-16(28)25-20(27)30)35-23(24)18(22(21,23)32)37-38(33,36-15-9-7-6-8-10-15)26-14(4)17(29)34-13(2)3/h5-14,18-19,31-32H,1H2,2-4H3,(H,26,33)(H,25,28,30)/t14?,18?,19-,21+,22+,23-,38?/m1/s1. The number of esters is 1. The van der Waals surface area contributed by atoms with Gasteiger partial charge >= 0.3 is 19.4 Å². The molecule has 4 rings (SSSR count). The number of carbonyl (C=O) groups excluding carboxylic acids is 1. The predicted octanol–water partition coefficient (Wildman–Crippen LogP) is 0.895. The Kier molecular flexibility index (Phi) is 7.02. The fourth-order valence-electron chi connectivity index (χ4n) is 4.19. The Morgan fingerprint density at radius 2 is 1.92 bits per heavy atom. The zero-order valence-electron chi connectivity index (χ0n) is 20.6. The maximum Gasteiger partial charge on any atom is 0.460 e. The molecule has 2 aliphatic rings. The number of halogens is 1. The molecule has 1 saturated heterocycles. The SMILES string of the molecule is C=C[C@]1(O)[C@H](n2ccc(=O)[nH]c2=O)O[C@]2(F)C(OP(=O)(NC(C)C(=O)OC(C)C)Oc3ccccc3)[C@@]21O. The minimum Gasteiger partial charge on any atom is -0.462 e. The Morgan fingerprint density at radius 1 is 1.26 bits per heavy atom. The van der Waals surface area contributed by atoms with Crippen LogP contribution in [0.15, 0.2) is 64.8 Å². The third-order valence-corrected chi connectivity index (χ3v) is 7.75. The molecule has 7 atom stereocenters. The predicted molar refractivity (Wildman–Crippen MR) is 129 cm³/mol. The number of ether oxygens (including phenoxy) is 2. The van der Waals surface area contributed by atoms with Gasteiger partial charge < -0.3 is 24.2 Å². The van der Waals surface area contributed by atoms with Gasteiger partial charge in [0.25, 0.3) is 11.4 Å². The quantitative estimate of drug-likeness (QED) is 0.186. The summed E-state index contributed by atoms with van der Waals surface area (Å²) >= 11 is 0. The van der Waals surface area contributed by atoms with Crippen molar-refractivity contribution in [1.82, 2.24) is 14.6 Å². The van der Waals surface area contributed by atoms with E-state index in [2.05, 4.69) is 11.7 Å². The first-order valence-corrected chi connectivity index (χ1v) is 13.0. The summed E-state index contributed by atoms with van der Waals surface area (Å²) in [4.78, 5) is 37.9. The number of fused-ring (bicyclic) bond motifs is 1. The first-order chi connectivity index (χ1) is 17.7. The van der Waals surface area contributed by atoms with E-state index in [9.17, 15) is 29.2 Å². The highest BCUT2D eigenvalue weighted by molar-refractivity contribution is 7.52. The lowest BCUT2D eigenvalue weighted by atomic mass is 9.92. The maximum atomic E-state index is 16.0. The molecule has 13 nitrogen and oxygen atoms in total. The molecule has 1 aliphatic carbocycles. The Balaban J connectivity index is 1.66. The van der Waals surface area contributed by atoms with Crippen molar-refractivity contribution in [2.24, 2.45) is 0 Å². The molecule has 1 aromatic carbocycles. The van der Waals surface area contributed by atoms with Crippen molar-refractivity contribution < 1.29 is 42.5 Å². The van der Waals surface area contributed by atoms with E-state index >= 15 is 4.39 Å². The van der Waals surface area contributed by atoms with Gasteiger partial charge in [0.05, 0.1) is 6.10 Å². The molecule has 1 saturated carbocycles. The molecule has 206 valence electrons. The monoisotopic (exact) mass is 555 g/mol. The number of carbonyl (C=O) groups is 1. The number of nitrogens with one attached hydrogen (secondary N) is 2. The van der Waals surface area contributed by atoms with Crippen LogP contribution in [0, 0.1) is 0 Å². The van der Waals surface area contributed by atoms with Gasteiger partial charge in [0.15, 0.2) is 23.5 Å². The average Bonchev–Trinajstić information content (AvgIpc) is 3.22. The van der Waals surface area contributed by atoms with Crippen LogP contribution in [0.4, 0.5) is 4.39 Å². The molecule has 2 fully saturated rings. The van der Waals surface area contributed by atoms with Crippen molar-refractivity contribution in [1.29, 1.82) is 0 Å². The second-order valence-corrected chi connectivity index (χ2v) is 10.8. The number of aromatic amines is 1. The summed E-state index contributed by atoms with van der Waals surface area (Å²) < 4.78 is 51.6. The summed E-state index contributed by atoms with van der Waals surface area (Å²) in [5.74, 6) is -4.02. The summed E-state index contributed by atoms with van der Waals surface area (Å²) in [6.45, 7) is 7.92. The molecule has 1 aliphatic heterocycles. The third-order valence-electron chi connectivity index (χ3n) is 6.11. The van der Waals surface area contributed by atoms with Gasteiger partial charge in [-0.2, -0.15) is 5.09 Å². The second-order valence-electron chi connectivity index (χ2n) is 9.15. The van der Waals surface area contributed by atoms with Crippen LogP contribution < -0.4 is 20.9 Å². The number of H-pyrrole nitrogens is 1. The summed E-state index contributed by atoms with van der Waals surface area (Å²) in [6.07, 6.45) is -2.85. The molecule has 38 heavy (non-hydrogen) atoms. The van der Waals surface area contributed by atoms with Crippen molar-refractivity contribution >= 4 is 13.7 Å². The number of aromatic nitrogens is 2. The van der Waals surface area contributed by atoms with E-state index in [0.29, 0.717) is 4.57 Å². The van der Waals surface area contributed by atoms with E-state index in [4.69, 9.17) is 18.5 Å². The molecule has 3 unspecified atom stereocenters. The minimum absolute atomic E-state index is 0.0102. The van der Waals surface area contributed by atoms with Crippen LogP contribution in [-0.4, -0.2) is 61.0 Å². The minimum atomic E-state index is -4.69. The van der Waals surface area contributed by atoms with E-state index < -0.39 is 66.5 Å². The molecule has 0 bridgehead atoms. The van der Waals surface area contributed by atoms with Gasteiger partial charge in [-0.1, -0.05) is 30.9 Å². The lowest BCUT2D eigenvalue weighted by molar-refractivity contribution is -0.170. The van der Waals surface area contributed by atoms with Crippen LogP contribution in [0.3, 0.4) is 0 Å².